The molecule has 0 aromatic heterocycles. The molecule has 2 saturated heterocycles. The van der Waals surface area contributed by atoms with Crippen LogP contribution < -0.4 is 16.1 Å². The van der Waals surface area contributed by atoms with E-state index in [2.05, 4.69) is 10.6 Å². The van der Waals surface area contributed by atoms with Crippen LogP contribution in [0.15, 0.2) is 0 Å². The van der Waals surface area contributed by atoms with Gasteiger partial charge in [0, 0.05) is 52.4 Å². The summed E-state index contributed by atoms with van der Waals surface area (Å²) in [5, 5.41) is 9.53. The fourth-order valence-electron chi connectivity index (χ4n) is 1.79. The minimum atomic E-state index is -3.53. The highest BCUT2D eigenvalue weighted by atomic mass is 31.2. The van der Waals surface area contributed by atoms with Gasteiger partial charge in [0.2, 0.25) is 0 Å². The Morgan fingerprint density at radius 2 is 1.24 bits per heavy atom. The Hall–Kier alpha value is -0.0500. The Balaban J connectivity index is 1.78. The van der Waals surface area contributed by atoms with Crippen molar-refractivity contribution in [2.75, 3.05) is 52.4 Å². The summed E-state index contributed by atoms with van der Waals surface area (Å²) in [6, 6.07) is 0. The van der Waals surface area contributed by atoms with E-state index in [1.807, 2.05) is 0 Å². The Labute approximate surface area is 101 Å². The van der Waals surface area contributed by atoms with E-state index in [4.69, 9.17) is 14.8 Å². The molecule has 100 valence electrons. The molecule has 0 atom stereocenters. The van der Waals surface area contributed by atoms with Crippen molar-refractivity contribution in [3.8, 4) is 0 Å². The molecule has 8 nitrogen and oxygen atoms in total. The van der Waals surface area contributed by atoms with Crippen LogP contribution in [0, 0.1) is 0 Å². The number of nitrogens with two attached hydrogens (primary N) is 1. The normalized spacial score (nSPS) is 25.0. The average Bonchev–Trinajstić information content (AvgIpc) is 2.30. The Morgan fingerprint density at radius 3 is 1.59 bits per heavy atom. The maximum absolute atomic E-state index is 12.0. The first kappa shape index (κ1) is 13.4. The smallest absolute Gasteiger partial charge is 0.314 e. The maximum atomic E-state index is 12.0. The van der Waals surface area contributed by atoms with Gasteiger partial charge in [0.1, 0.15) is 0 Å². The third-order valence-corrected chi connectivity index (χ3v) is 3.53. The van der Waals surface area contributed by atoms with Gasteiger partial charge in [-0.25, -0.2) is 19.3 Å². The topological polar surface area (TPSA) is 92.1 Å². The van der Waals surface area contributed by atoms with E-state index in [-0.39, 0.29) is 0 Å². The van der Waals surface area contributed by atoms with Crippen LogP contribution in [0.5, 0.6) is 0 Å². The zero-order valence-corrected chi connectivity index (χ0v) is 10.7. The fourth-order valence-corrected chi connectivity index (χ4v) is 2.79. The van der Waals surface area contributed by atoms with E-state index in [0.717, 1.165) is 26.2 Å². The number of hydroxylamine groups is 4. The first-order valence-corrected chi connectivity index (χ1v) is 7.46. The van der Waals surface area contributed by atoms with Gasteiger partial charge in [0.05, 0.1) is 0 Å². The van der Waals surface area contributed by atoms with E-state index < -0.39 is 7.75 Å². The van der Waals surface area contributed by atoms with Gasteiger partial charge in [-0.3, -0.25) is 0 Å². The molecule has 0 radical (unpaired) electrons. The summed E-state index contributed by atoms with van der Waals surface area (Å²) in [7, 11) is -3.53. The highest BCUT2D eigenvalue weighted by Gasteiger charge is 2.28. The molecule has 0 aliphatic carbocycles. The van der Waals surface area contributed by atoms with Crippen molar-refractivity contribution in [1.29, 1.82) is 0 Å². The zero-order valence-electron chi connectivity index (χ0n) is 9.80. The van der Waals surface area contributed by atoms with Crippen molar-refractivity contribution in [3.05, 3.63) is 0 Å². The van der Waals surface area contributed by atoms with Crippen LogP contribution in [0.3, 0.4) is 0 Å². The zero-order chi connectivity index (χ0) is 12.1. The second kappa shape index (κ2) is 6.21. The van der Waals surface area contributed by atoms with Crippen molar-refractivity contribution in [2.45, 2.75) is 0 Å². The predicted molar refractivity (Wildman–Crippen MR) is 62.8 cm³/mol. The minimum absolute atomic E-state index is 0.659. The van der Waals surface area contributed by atoms with Crippen molar-refractivity contribution in [3.63, 3.8) is 0 Å². The summed E-state index contributed by atoms with van der Waals surface area (Å²) in [6.07, 6.45) is 0. The van der Waals surface area contributed by atoms with Gasteiger partial charge in [0.25, 0.3) is 0 Å². The van der Waals surface area contributed by atoms with Crippen LogP contribution in [-0.2, 0) is 13.8 Å². The summed E-state index contributed by atoms with van der Waals surface area (Å²) in [4.78, 5) is 0. The van der Waals surface area contributed by atoms with Crippen LogP contribution in [0.1, 0.15) is 0 Å². The summed E-state index contributed by atoms with van der Waals surface area (Å²) in [5.41, 5.74) is 5.57. The molecule has 2 heterocycles. The lowest BCUT2D eigenvalue weighted by Crippen LogP contribution is -2.45. The molecule has 4 N–H and O–H groups in total. The predicted octanol–water partition coefficient (Wildman–Crippen LogP) is -1.27. The maximum Gasteiger partial charge on any atom is 0.436 e. The molecule has 2 rings (SSSR count). The molecule has 0 saturated carbocycles. The number of nitrogens with one attached hydrogen (secondary N) is 2. The van der Waals surface area contributed by atoms with Crippen LogP contribution in [0.4, 0.5) is 0 Å². The summed E-state index contributed by atoms with van der Waals surface area (Å²) in [5.74, 6) is 0. The van der Waals surface area contributed by atoms with Gasteiger partial charge in [0.15, 0.2) is 0 Å². The summed E-state index contributed by atoms with van der Waals surface area (Å²) >= 11 is 0. The van der Waals surface area contributed by atoms with E-state index in [9.17, 15) is 4.57 Å². The van der Waals surface area contributed by atoms with Crippen LogP contribution in [-0.4, -0.2) is 62.5 Å². The number of hydrogen-bond acceptors (Lipinski definition) is 7. The molecular weight excluding hydrogens is 245 g/mol. The van der Waals surface area contributed by atoms with Crippen molar-refractivity contribution < 1.29 is 13.8 Å². The van der Waals surface area contributed by atoms with Crippen LogP contribution in [0.25, 0.3) is 0 Å². The number of piperazine rings is 2. The van der Waals surface area contributed by atoms with Gasteiger partial charge in [-0.2, -0.15) is 10.1 Å². The molecule has 9 heteroatoms. The van der Waals surface area contributed by atoms with E-state index in [0.29, 0.717) is 26.2 Å². The molecule has 0 unspecified atom stereocenters. The Bertz CT molecular complexity index is 256. The molecule has 0 spiro atoms. The first-order valence-electron chi connectivity index (χ1n) is 5.85. The van der Waals surface area contributed by atoms with Crippen LogP contribution in [0.2, 0.25) is 0 Å². The molecule has 2 fully saturated rings. The summed E-state index contributed by atoms with van der Waals surface area (Å²) < 4.78 is 22.4. The molecule has 0 bridgehead atoms. The number of rotatable bonds is 4. The molecule has 2 aliphatic heterocycles. The van der Waals surface area contributed by atoms with Gasteiger partial charge in [-0.15, -0.1) is 0 Å². The molecular formula is C8H20N5O3P. The van der Waals surface area contributed by atoms with Crippen molar-refractivity contribution in [2.24, 2.45) is 5.50 Å². The first-order chi connectivity index (χ1) is 8.16. The standard InChI is InChI=1S/C8H20N5O3P/c9-17(14,15-12-5-1-10-2-6-12)16-13-7-3-11-4-8-13/h10-11H,1-8H2,(H2,9,14). The van der Waals surface area contributed by atoms with Gasteiger partial charge in [-0.1, -0.05) is 0 Å². The molecule has 0 aromatic rings. The molecule has 2 aliphatic rings. The van der Waals surface area contributed by atoms with Crippen LogP contribution >= 0.6 is 7.75 Å². The second-order valence-electron chi connectivity index (χ2n) is 4.06. The molecule has 0 amide bonds. The number of nitrogens with zero attached hydrogens (tertiary/aromatic N) is 2. The SMILES string of the molecule is NP(=O)(ON1CCNCC1)ON1CCNCC1. The molecule has 17 heavy (non-hydrogen) atoms. The van der Waals surface area contributed by atoms with Gasteiger partial charge in [-0.05, 0) is 0 Å². The monoisotopic (exact) mass is 265 g/mol. The van der Waals surface area contributed by atoms with Crippen molar-refractivity contribution >= 4 is 7.75 Å². The highest BCUT2D eigenvalue weighted by Crippen LogP contribution is 2.41. The third kappa shape index (κ3) is 4.61. The lowest BCUT2D eigenvalue weighted by atomic mass is 10.4. The Morgan fingerprint density at radius 1 is 0.882 bits per heavy atom. The third-order valence-electron chi connectivity index (χ3n) is 2.61. The average molecular weight is 265 g/mol. The Kier molecular flexibility index (Phi) is 4.89. The second-order valence-corrected chi connectivity index (χ2v) is 5.47. The molecule has 0 aromatic carbocycles. The largest absolute Gasteiger partial charge is 0.436 e. The van der Waals surface area contributed by atoms with Crippen molar-refractivity contribution in [1.82, 2.24) is 20.8 Å². The fraction of sp³-hybridized carbons (Fsp3) is 1.00. The van der Waals surface area contributed by atoms with E-state index in [1.54, 1.807) is 10.1 Å². The highest BCUT2D eigenvalue weighted by molar-refractivity contribution is 7.51. The summed E-state index contributed by atoms with van der Waals surface area (Å²) in [6.45, 7) is 5.83. The van der Waals surface area contributed by atoms with Gasteiger partial charge >= 0.3 is 7.75 Å². The quantitative estimate of drug-likeness (QED) is 0.542. The number of hydrogen-bond donors (Lipinski definition) is 3. The van der Waals surface area contributed by atoms with Gasteiger partial charge < -0.3 is 10.6 Å². The lowest BCUT2D eigenvalue weighted by molar-refractivity contribution is -0.129. The lowest BCUT2D eigenvalue weighted by Gasteiger charge is -2.31. The minimum Gasteiger partial charge on any atom is -0.314 e. The van der Waals surface area contributed by atoms with E-state index >= 15 is 0 Å². The van der Waals surface area contributed by atoms with E-state index in [1.165, 1.54) is 0 Å².